The van der Waals surface area contributed by atoms with Crippen molar-refractivity contribution in [3.8, 4) is 0 Å². The molecule has 0 bridgehead atoms. The molecule has 3 aromatic rings. The fourth-order valence-electron chi connectivity index (χ4n) is 4.13. The normalized spacial score (nSPS) is 15.9. The summed E-state index contributed by atoms with van der Waals surface area (Å²) in [5, 5.41) is 6.45. The van der Waals surface area contributed by atoms with Crippen LogP contribution >= 0.6 is 0 Å². The van der Waals surface area contributed by atoms with Gasteiger partial charge in [-0.25, -0.2) is 9.97 Å². The number of allylic oxidation sites excluding steroid dienone is 3. The first-order chi connectivity index (χ1) is 17.3. The van der Waals surface area contributed by atoms with Crippen LogP contribution in [-0.2, 0) is 12.7 Å². The monoisotopic (exact) mass is 494 g/mol. The van der Waals surface area contributed by atoms with Crippen molar-refractivity contribution in [1.29, 1.82) is 0 Å². The standard InChI is InChI=1S/C27H29F3N6/c28-27(29,30)21-8-4-7-20(15-21)22(16-23(31)19-9-12-33-13-10-19)25(32)24-11-14-34-26(36-24)35-17-18-5-2-1-3-6-18/h1-8,11,14-16,19,33H,9-10,12-13,17,31-32H2,(H,34,35,36)/b23-16-,25-22+. The van der Waals surface area contributed by atoms with E-state index in [1.165, 1.54) is 6.07 Å². The highest BCUT2D eigenvalue weighted by molar-refractivity contribution is 5.94. The van der Waals surface area contributed by atoms with E-state index in [4.69, 9.17) is 11.5 Å². The summed E-state index contributed by atoms with van der Waals surface area (Å²) in [4.78, 5) is 8.77. The van der Waals surface area contributed by atoms with Gasteiger partial charge in [0.2, 0.25) is 5.95 Å². The van der Waals surface area contributed by atoms with Crippen molar-refractivity contribution in [3.05, 3.63) is 101 Å². The molecule has 2 heterocycles. The molecule has 0 saturated carbocycles. The maximum Gasteiger partial charge on any atom is 0.416 e. The van der Waals surface area contributed by atoms with E-state index >= 15 is 0 Å². The topological polar surface area (TPSA) is 102 Å². The molecular weight excluding hydrogens is 465 g/mol. The molecule has 1 aliphatic heterocycles. The third-order valence-electron chi connectivity index (χ3n) is 6.14. The van der Waals surface area contributed by atoms with E-state index in [0.29, 0.717) is 35.0 Å². The summed E-state index contributed by atoms with van der Waals surface area (Å²) in [7, 11) is 0. The Morgan fingerprint density at radius 3 is 2.50 bits per heavy atom. The zero-order chi connectivity index (χ0) is 25.5. The molecule has 188 valence electrons. The van der Waals surface area contributed by atoms with E-state index < -0.39 is 11.7 Å². The number of rotatable bonds is 7. The first-order valence-corrected chi connectivity index (χ1v) is 11.8. The van der Waals surface area contributed by atoms with Crippen LogP contribution in [0.1, 0.15) is 35.2 Å². The molecule has 1 aromatic heterocycles. The minimum atomic E-state index is -4.48. The fourth-order valence-corrected chi connectivity index (χ4v) is 4.13. The van der Waals surface area contributed by atoms with Crippen LogP contribution < -0.4 is 22.1 Å². The SMILES string of the molecule is N/C(=C\C(=C(/N)c1ccnc(NCc2ccccc2)n1)c1cccc(C(F)(F)F)c1)C1CCNCC1. The lowest BCUT2D eigenvalue weighted by Gasteiger charge is -2.23. The quantitative estimate of drug-likeness (QED) is 0.353. The van der Waals surface area contributed by atoms with Gasteiger partial charge >= 0.3 is 6.18 Å². The van der Waals surface area contributed by atoms with Crippen molar-refractivity contribution in [2.24, 2.45) is 17.4 Å². The number of nitrogens with zero attached hydrogens (tertiary/aromatic N) is 2. The lowest BCUT2D eigenvalue weighted by atomic mass is 9.91. The van der Waals surface area contributed by atoms with Crippen LogP contribution in [-0.4, -0.2) is 23.1 Å². The number of benzene rings is 2. The van der Waals surface area contributed by atoms with Gasteiger partial charge in [-0.2, -0.15) is 13.2 Å². The van der Waals surface area contributed by atoms with Gasteiger partial charge < -0.3 is 22.1 Å². The number of piperidine rings is 1. The van der Waals surface area contributed by atoms with Crippen molar-refractivity contribution in [2.75, 3.05) is 18.4 Å². The summed E-state index contributed by atoms with van der Waals surface area (Å²) in [6.07, 6.45) is 0.466. The van der Waals surface area contributed by atoms with Gasteiger partial charge in [-0.15, -0.1) is 0 Å². The lowest BCUT2D eigenvalue weighted by molar-refractivity contribution is -0.137. The first-order valence-electron chi connectivity index (χ1n) is 11.8. The van der Waals surface area contributed by atoms with Crippen molar-refractivity contribution in [3.63, 3.8) is 0 Å². The number of anilines is 1. The predicted molar refractivity (Wildman–Crippen MR) is 136 cm³/mol. The summed E-state index contributed by atoms with van der Waals surface area (Å²) >= 11 is 0. The Morgan fingerprint density at radius 1 is 1.03 bits per heavy atom. The van der Waals surface area contributed by atoms with Crippen LogP contribution in [0.3, 0.4) is 0 Å². The largest absolute Gasteiger partial charge is 0.416 e. The maximum atomic E-state index is 13.5. The van der Waals surface area contributed by atoms with Crippen molar-refractivity contribution >= 4 is 17.2 Å². The van der Waals surface area contributed by atoms with Gasteiger partial charge in [-0.05, 0) is 61.3 Å². The Hall–Kier alpha value is -3.85. The van der Waals surface area contributed by atoms with Gasteiger partial charge in [-0.1, -0.05) is 42.5 Å². The molecule has 0 unspecified atom stereocenters. The second-order valence-electron chi connectivity index (χ2n) is 8.68. The maximum absolute atomic E-state index is 13.5. The number of nitrogens with two attached hydrogens (primary N) is 2. The molecule has 0 radical (unpaired) electrons. The number of halogens is 3. The van der Waals surface area contributed by atoms with E-state index in [9.17, 15) is 13.2 Å². The number of aromatic nitrogens is 2. The number of hydrogen-bond acceptors (Lipinski definition) is 6. The first kappa shape index (κ1) is 25.2. The summed E-state index contributed by atoms with van der Waals surface area (Å²) in [5.41, 5.74) is 15.2. The minimum absolute atomic E-state index is 0.119. The molecule has 36 heavy (non-hydrogen) atoms. The van der Waals surface area contributed by atoms with Crippen LogP contribution in [0.15, 0.2) is 78.6 Å². The second kappa shape index (κ2) is 11.3. The number of alkyl halides is 3. The lowest BCUT2D eigenvalue weighted by Crippen LogP contribution is -2.30. The molecule has 0 atom stereocenters. The van der Waals surface area contributed by atoms with Gasteiger partial charge in [0, 0.05) is 29.9 Å². The van der Waals surface area contributed by atoms with E-state index in [2.05, 4.69) is 20.6 Å². The molecule has 6 nitrogen and oxygen atoms in total. The molecule has 0 spiro atoms. The van der Waals surface area contributed by atoms with Gasteiger partial charge in [0.25, 0.3) is 0 Å². The average Bonchev–Trinajstić information content (AvgIpc) is 2.91. The van der Waals surface area contributed by atoms with Gasteiger partial charge in [-0.3, -0.25) is 0 Å². The summed E-state index contributed by atoms with van der Waals surface area (Å²) in [6.45, 7) is 2.18. The minimum Gasteiger partial charge on any atom is -0.402 e. The van der Waals surface area contributed by atoms with Crippen LogP contribution in [0.5, 0.6) is 0 Å². The van der Waals surface area contributed by atoms with E-state index in [1.807, 2.05) is 30.3 Å². The molecule has 2 aromatic carbocycles. The van der Waals surface area contributed by atoms with Crippen LogP contribution in [0.25, 0.3) is 11.3 Å². The predicted octanol–water partition coefficient (Wildman–Crippen LogP) is 4.78. The molecule has 1 fully saturated rings. The van der Waals surface area contributed by atoms with Crippen LogP contribution in [0, 0.1) is 5.92 Å². The van der Waals surface area contributed by atoms with Gasteiger partial charge in [0.1, 0.15) is 0 Å². The fraction of sp³-hybridized carbons (Fsp3) is 0.259. The van der Waals surface area contributed by atoms with E-state index in [0.717, 1.165) is 43.6 Å². The Morgan fingerprint density at radius 2 is 1.78 bits per heavy atom. The zero-order valence-corrected chi connectivity index (χ0v) is 19.7. The summed E-state index contributed by atoms with van der Waals surface area (Å²) in [6, 6.07) is 16.5. The Bertz CT molecular complexity index is 1230. The second-order valence-corrected chi connectivity index (χ2v) is 8.68. The third-order valence-corrected chi connectivity index (χ3v) is 6.14. The Kier molecular flexibility index (Phi) is 7.90. The van der Waals surface area contributed by atoms with Gasteiger partial charge in [0.15, 0.2) is 0 Å². The van der Waals surface area contributed by atoms with Crippen molar-refractivity contribution in [2.45, 2.75) is 25.6 Å². The van der Waals surface area contributed by atoms with Crippen molar-refractivity contribution in [1.82, 2.24) is 15.3 Å². The van der Waals surface area contributed by atoms with Gasteiger partial charge in [0.05, 0.1) is 17.0 Å². The zero-order valence-electron chi connectivity index (χ0n) is 19.7. The number of hydrogen-bond donors (Lipinski definition) is 4. The van der Waals surface area contributed by atoms with Crippen LogP contribution in [0.2, 0.25) is 0 Å². The highest BCUT2D eigenvalue weighted by Gasteiger charge is 2.30. The van der Waals surface area contributed by atoms with Crippen molar-refractivity contribution < 1.29 is 13.2 Å². The van der Waals surface area contributed by atoms with E-state index in [-0.39, 0.29) is 11.6 Å². The average molecular weight is 495 g/mol. The molecule has 0 aliphatic carbocycles. The molecule has 1 saturated heterocycles. The summed E-state index contributed by atoms with van der Waals surface area (Å²) < 4.78 is 40.4. The Labute approximate surface area is 208 Å². The molecule has 0 amide bonds. The molecule has 4 rings (SSSR count). The molecule has 1 aliphatic rings. The number of nitrogens with one attached hydrogen (secondary N) is 2. The highest BCUT2D eigenvalue weighted by Crippen LogP contribution is 2.33. The van der Waals surface area contributed by atoms with E-state index in [1.54, 1.807) is 24.4 Å². The highest BCUT2D eigenvalue weighted by atomic mass is 19.4. The smallest absolute Gasteiger partial charge is 0.402 e. The van der Waals surface area contributed by atoms with Crippen LogP contribution in [0.4, 0.5) is 19.1 Å². The third kappa shape index (κ3) is 6.42. The summed E-state index contributed by atoms with van der Waals surface area (Å²) in [5.74, 6) is 0.478. The molecular formula is C27H29F3N6. The molecule has 6 N–H and O–H groups in total. The Balaban J connectivity index is 1.72. The molecule has 9 heteroatoms.